The van der Waals surface area contributed by atoms with E-state index in [0.717, 1.165) is 12.8 Å². The molecule has 1 rings (SSSR count). The molecule has 0 aromatic rings. The lowest BCUT2D eigenvalue weighted by Gasteiger charge is -2.40. The smallest absolute Gasteiger partial charge is 0.317 e. The Balaban J connectivity index is 2.62. The second-order valence-corrected chi connectivity index (χ2v) is 5.53. The SMILES string of the molecule is C=CCN(CC(=O)O)C1CCCC(C)(C)C1. The van der Waals surface area contributed by atoms with Gasteiger partial charge in [0.05, 0.1) is 6.54 Å². The van der Waals surface area contributed by atoms with Crippen molar-refractivity contribution in [1.82, 2.24) is 4.90 Å². The van der Waals surface area contributed by atoms with Gasteiger partial charge in [0.15, 0.2) is 0 Å². The van der Waals surface area contributed by atoms with Crippen LogP contribution in [0, 0.1) is 5.41 Å². The zero-order valence-electron chi connectivity index (χ0n) is 10.4. The number of hydrogen-bond acceptors (Lipinski definition) is 2. The van der Waals surface area contributed by atoms with Gasteiger partial charge in [-0.2, -0.15) is 0 Å². The monoisotopic (exact) mass is 225 g/mol. The summed E-state index contributed by atoms with van der Waals surface area (Å²) in [4.78, 5) is 12.9. The van der Waals surface area contributed by atoms with Crippen molar-refractivity contribution in [3.05, 3.63) is 12.7 Å². The molecule has 0 bridgehead atoms. The summed E-state index contributed by atoms with van der Waals surface area (Å²) in [7, 11) is 0. The van der Waals surface area contributed by atoms with Crippen molar-refractivity contribution in [2.45, 2.75) is 45.6 Å². The summed E-state index contributed by atoms with van der Waals surface area (Å²) in [5, 5.41) is 8.90. The van der Waals surface area contributed by atoms with E-state index in [4.69, 9.17) is 5.11 Å². The molecule has 0 aromatic heterocycles. The second-order valence-electron chi connectivity index (χ2n) is 5.53. The molecular weight excluding hydrogens is 202 g/mol. The average molecular weight is 225 g/mol. The molecule has 3 nitrogen and oxygen atoms in total. The third-order valence-corrected chi connectivity index (χ3v) is 3.40. The topological polar surface area (TPSA) is 40.5 Å². The van der Waals surface area contributed by atoms with E-state index in [1.54, 1.807) is 6.08 Å². The van der Waals surface area contributed by atoms with Gasteiger partial charge in [-0.1, -0.05) is 26.3 Å². The summed E-state index contributed by atoms with van der Waals surface area (Å²) in [6, 6.07) is 0.401. The van der Waals surface area contributed by atoms with Gasteiger partial charge in [-0.15, -0.1) is 6.58 Å². The van der Waals surface area contributed by atoms with E-state index in [1.165, 1.54) is 12.8 Å². The minimum absolute atomic E-state index is 0.132. The van der Waals surface area contributed by atoms with Crippen LogP contribution >= 0.6 is 0 Å². The Morgan fingerprint density at radius 2 is 2.31 bits per heavy atom. The lowest BCUT2D eigenvalue weighted by atomic mass is 9.74. The molecule has 0 spiro atoms. The van der Waals surface area contributed by atoms with Crippen molar-refractivity contribution in [3.8, 4) is 0 Å². The maximum atomic E-state index is 10.8. The van der Waals surface area contributed by atoms with Crippen molar-refractivity contribution in [3.63, 3.8) is 0 Å². The zero-order chi connectivity index (χ0) is 12.2. The Morgan fingerprint density at radius 3 is 2.81 bits per heavy atom. The van der Waals surface area contributed by atoms with Gasteiger partial charge in [0, 0.05) is 12.6 Å². The summed E-state index contributed by atoms with van der Waals surface area (Å²) < 4.78 is 0. The molecule has 0 aliphatic heterocycles. The Labute approximate surface area is 98.1 Å². The van der Waals surface area contributed by atoms with Crippen LogP contribution in [-0.4, -0.2) is 35.1 Å². The van der Waals surface area contributed by atoms with Crippen LogP contribution in [0.25, 0.3) is 0 Å². The number of aliphatic carboxylic acids is 1. The van der Waals surface area contributed by atoms with Crippen LogP contribution in [0.15, 0.2) is 12.7 Å². The van der Waals surface area contributed by atoms with Crippen molar-refractivity contribution in [1.29, 1.82) is 0 Å². The normalized spacial score (nSPS) is 24.3. The Morgan fingerprint density at radius 1 is 1.62 bits per heavy atom. The average Bonchev–Trinajstić information content (AvgIpc) is 2.15. The minimum atomic E-state index is -0.745. The summed E-state index contributed by atoms with van der Waals surface area (Å²) in [5.41, 5.74) is 0.348. The Bertz CT molecular complexity index is 261. The molecule has 0 saturated heterocycles. The van der Waals surface area contributed by atoms with Crippen LogP contribution in [0.4, 0.5) is 0 Å². The van der Waals surface area contributed by atoms with Crippen molar-refractivity contribution >= 4 is 5.97 Å². The van der Waals surface area contributed by atoms with Gasteiger partial charge in [-0.3, -0.25) is 9.69 Å². The Kier molecular flexibility index (Phi) is 4.54. The summed E-state index contributed by atoms with van der Waals surface area (Å²) in [6.45, 7) is 9.05. The maximum absolute atomic E-state index is 10.8. The predicted molar refractivity (Wildman–Crippen MR) is 65.4 cm³/mol. The lowest BCUT2D eigenvalue weighted by Crippen LogP contribution is -2.43. The fraction of sp³-hybridized carbons (Fsp3) is 0.769. The molecule has 1 fully saturated rings. The second kappa shape index (κ2) is 5.48. The van der Waals surface area contributed by atoms with Gasteiger partial charge in [0.1, 0.15) is 0 Å². The fourth-order valence-corrected chi connectivity index (χ4v) is 2.65. The minimum Gasteiger partial charge on any atom is -0.480 e. The van der Waals surface area contributed by atoms with E-state index >= 15 is 0 Å². The molecule has 0 aromatic carbocycles. The largest absolute Gasteiger partial charge is 0.480 e. The van der Waals surface area contributed by atoms with Gasteiger partial charge in [-0.05, 0) is 24.7 Å². The predicted octanol–water partition coefficient (Wildman–Crippen LogP) is 2.53. The molecule has 1 saturated carbocycles. The first-order chi connectivity index (χ1) is 7.44. The number of carbonyl (C=O) groups is 1. The number of carboxylic acid groups (broad SMARTS) is 1. The standard InChI is InChI=1S/C13H23NO2/c1-4-8-14(10-12(15)16)11-6-5-7-13(2,3)9-11/h4,11H,1,5-10H2,2-3H3,(H,15,16). The highest BCUT2D eigenvalue weighted by atomic mass is 16.4. The van der Waals surface area contributed by atoms with Crippen molar-refractivity contribution in [2.24, 2.45) is 5.41 Å². The van der Waals surface area contributed by atoms with E-state index in [1.807, 2.05) is 4.90 Å². The molecule has 1 aliphatic carbocycles. The van der Waals surface area contributed by atoms with Crippen LogP contribution in [0.5, 0.6) is 0 Å². The number of nitrogens with zero attached hydrogens (tertiary/aromatic N) is 1. The third-order valence-electron chi connectivity index (χ3n) is 3.40. The molecule has 1 aliphatic rings. The summed E-state index contributed by atoms with van der Waals surface area (Å²) in [5.74, 6) is -0.745. The summed E-state index contributed by atoms with van der Waals surface area (Å²) >= 11 is 0. The third kappa shape index (κ3) is 3.97. The number of hydrogen-bond donors (Lipinski definition) is 1. The molecule has 1 atom stereocenters. The lowest BCUT2D eigenvalue weighted by molar-refractivity contribution is -0.139. The molecule has 0 radical (unpaired) electrons. The highest BCUT2D eigenvalue weighted by Crippen LogP contribution is 2.37. The fourth-order valence-electron chi connectivity index (χ4n) is 2.65. The molecule has 0 amide bonds. The molecule has 1 N–H and O–H groups in total. The molecule has 3 heteroatoms. The number of carboxylic acids is 1. The van der Waals surface area contributed by atoms with E-state index in [-0.39, 0.29) is 6.54 Å². The maximum Gasteiger partial charge on any atom is 0.317 e. The van der Waals surface area contributed by atoms with Gasteiger partial charge in [-0.25, -0.2) is 0 Å². The van der Waals surface area contributed by atoms with Crippen molar-refractivity contribution < 1.29 is 9.90 Å². The quantitative estimate of drug-likeness (QED) is 0.731. The van der Waals surface area contributed by atoms with Crippen LogP contribution in [0.1, 0.15) is 39.5 Å². The van der Waals surface area contributed by atoms with Gasteiger partial charge in [0.2, 0.25) is 0 Å². The summed E-state index contributed by atoms with van der Waals surface area (Å²) in [6.07, 6.45) is 6.45. The van der Waals surface area contributed by atoms with Crippen LogP contribution < -0.4 is 0 Å². The molecular formula is C13H23NO2. The van der Waals surface area contributed by atoms with Crippen molar-refractivity contribution in [2.75, 3.05) is 13.1 Å². The molecule has 0 heterocycles. The van der Waals surface area contributed by atoms with Crippen LogP contribution in [0.2, 0.25) is 0 Å². The first kappa shape index (κ1) is 13.2. The molecule has 16 heavy (non-hydrogen) atoms. The zero-order valence-corrected chi connectivity index (χ0v) is 10.4. The number of rotatable bonds is 5. The van der Waals surface area contributed by atoms with Gasteiger partial charge in [0.25, 0.3) is 0 Å². The first-order valence-electron chi connectivity index (χ1n) is 6.01. The molecule has 1 unspecified atom stereocenters. The van der Waals surface area contributed by atoms with Crippen LogP contribution in [0.3, 0.4) is 0 Å². The van der Waals surface area contributed by atoms with Gasteiger partial charge < -0.3 is 5.11 Å². The first-order valence-corrected chi connectivity index (χ1v) is 6.01. The van der Waals surface area contributed by atoms with E-state index in [2.05, 4.69) is 20.4 Å². The highest BCUT2D eigenvalue weighted by Gasteiger charge is 2.31. The molecule has 92 valence electrons. The van der Waals surface area contributed by atoms with E-state index in [0.29, 0.717) is 18.0 Å². The van der Waals surface area contributed by atoms with Gasteiger partial charge >= 0.3 is 5.97 Å². The van der Waals surface area contributed by atoms with E-state index < -0.39 is 5.97 Å². The highest BCUT2D eigenvalue weighted by molar-refractivity contribution is 5.69. The Hall–Kier alpha value is -0.830. The van der Waals surface area contributed by atoms with Crippen LogP contribution in [-0.2, 0) is 4.79 Å². The van der Waals surface area contributed by atoms with E-state index in [9.17, 15) is 4.79 Å².